The summed E-state index contributed by atoms with van der Waals surface area (Å²) in [5, 5.41) is 30.5. The second-order valence-electron chi connectivity index (χ2n) is 4.84. The third-order valence-corrected chi connectivity index (χ3v) is 3.14. The Balaban J connectivity index is 1.80. The van der Waals surface area contributed by atoms with E-state index in [-0.39, 0.29) is 12.3 Å². The second kappa shape index (κ2) is 8.60. The lowest BCUT2D eigenvalue weighted by Gasteiger charge is -2.05. The zero-order valence-corrected chi connectivity index (χ0v) is 12.6. The first-order valence-electron chi connectivity index (χ1n) is 7.24. The van der Waals surface area contributed by atoms with Gasteiger partial charge in [0.05, 0.1) is 23.8 Å². The van der Waals surface area contributed by atoms with E-state index in [1.807, 2.05) is 24.3 Å². The van der Waals surface area contributed by atoms with Crippen LogP contribution in [0.4, 0.5) is 17.1 Å². The van der Waals surface area contributed by atoms with E-state index in [0.29, 0.717) is 18.8 Å². The fourth-order valence-electron chi connectivity index (χ4n) is 1.94. The van der Waals surface area contributed by atoms with Gasteiger partial charge in [-0.3, -0.25) is 10.1 Å². The number of rotatable bonds is 8. The molecule has 2 aromatic carbocycles. The van der Waals surface area contributed by atoms with Crippen LogP contribution >= 0.6 is 0 Å². The molecule has 0 saturated carbocycles. The highest BCUT2D eigenvalue weighted by Crippen LogP contribution is 2.18. The summed E-state index contributed by atoms with van der Waals surface area (Å²) in [5.41, 5.74) is 2.75. The number of hydrogen-bond acceptors (Lipinski definition) is 6. The lowest BCUT2D eigenvalue weighted by atomic mass is 10.1. The van der Waals surface area contributed by atoms with Crippen molar-refractivity contribution in [3.05, 3.63) is 64.2 Å². The molecule has 2 rings (SSSR count). The van der Waals surface area contributed by atoms with Gasteiger partial charge in [0, 0.05) is 24.4 Å². The zero-order valence-electron chi connectivity index (χ0n) is 12.6. The highest BCUT2D eigenvalue weighted by Gasteiger charge is 2.02. The van der Waals surface area contributed by atoms with Crippen molar-refractivity contribution in [1.82, 2.24) is 0 Å². The van der Waals surface area contributed by atoms with Crippen LogP contribution in [-0.4, -0.2) is 29.7 Å². The van der Waals surface area contributed by atoms with Gasteiger partial charge in [-0.25, -0.2) is 0 Å². The maximum Gasteiger partial charge on any atom is 0.269 e. The molecule has 0 radical (unpaired) electrons. The molecular formula is C16H18N4O3. The van der Waals surface area contributed by atoms with Crippen molar-refractivity contribution in [1.29, 1.82) is 0 Å². The highest BCUT2D eigenvalue weighted by molar-refractivity contribution is 5.45. The molecule has 0 fully saturated rings. The predicted molar refractivity (Wildman–Crippen MR) is 88.2 cm³/mol. The molecule has 0 aliphatic heterocycles. The van der Waals surface area contributed by atoms with Crippen LogP contribution in [0.1, 0.15) is 5.56 Å². The molecule has 2 aromatic rings. The van der Waals surface area contributed by atoms with Crippen LogP contribution < -0.4 is 5.32 Å². The summed E-state index contributed by atoms with van der Waals surface area (Å²) < 4.78 is 0. The average molecular weight is 314 g/mol. The Morgan fingerprint density at radius 2 is 1.78 bits per heavy atom. The zero-order chi connectivity index (χ0) is 16.5. The van der Waals surface area contributed by atoms with Gasteiger partial charge in [-0.05, 0) is 36.2 Å². The third-order valence-electron chi connectivity index (χ3n) is 3.14. The van der Waals surface area contributed by atoms with E-state index in [1.165, 1.54) is 12.1 Å². The maximum absolute atomic E-state index is 10.5. The summed E-state index contributed by atoms with van der Waals surface area (Å²) in [6, 6.07) is 13.9. The van der Waals surface area contributed by atoms with Crippen LogP contribution in [0.5, 0.6) is 0 Å². The van der Waals surface area contributed by atoms with Crippen molar-refractivity contribution >= 4 is 17.1 Å². The summed E-state index contributed by atoms with van der Waals surface area (Å²) in [7, 11) is 0. The van der Waals surface area contributed by atoms with E-state index in [4.69, 9.17) is 5.11 Å². The molecule has 120 valence electrons. The van der Waals surface area contributed by atoms with Crippen molar-refractivity contribution in [2.24, 2.45) is 10.2 Å². The molecule has 7 nitrogen and oxygen atoms in total. The molecule has 23 heavy (non-hydrogen) atoms. The van der Waals surface area contributed by atoms with E-state index in [9.17, 15) is 10.1 Å². The van der Waals surface area contributed by atoms with Gasteiger partial charge in [-0.2, -0.15) is 10.2 Å². The van der Waals surface area contributed by atoms with Gasteiger partial charge in [0.15, 0.2) is 0 Å². The van der Waals surface area contributed by atoms with E-state index < -0.39 is 4.92 Å². The standard InChI is InChI=1S/C16H18N4O3/c21-12-11-17-14-3-1-13(2-4-14)9-10-18-19-15-5-7-16(8-6-15)20(22)23/h1-8,17,21H,9-12H2. The van der Waals surface area contributed by atoms with Gasteiger partial charge >= 0.3 is 0 Å². The molecule has 0 heterocycles. The Hall–Kier alpha value is -2.80. The molecule has 7 heteroatoms. The smallest absolute Gasteiger partial charge is 0.269 e. The Morgan fingerprint density at radius 3 is 2.39 bits per heavy atom. The van der Waals surface area contributed by atoms with Gasteiger partial charge in [-0.15, -0.1) is 0 Å². The molecule has 2 N–H and O–H groups in total. The number of nitrogens with one attached hydrogen (secondary N) is 1. The number of azo groups is 1. The largest absolute Gasteiger partial charge is 0.395 e. The minimum Gasteiger partial charge on any atom is -0.395 e. The van der Waals surface area contributed by atoms with Crippen LogP contribution in [0, 0.1) is 10.1 Å². The van der Waals surface area contributed by atoms with Crippen LogP contribution in [0.25, 0.3) is 0 Å². The van der Waals surface area contributed by atoms with E-state index in [2.05, 4.69) is 15.5 Å². The number of non-ortho nitro benzene ring substituents is 1. The lowest BCUT2D eigenvalue weighted by molar-refractivity contribution is -0.384. The molecule has 0 aliphatic carbocycles. The van der Waals surface area contributed by atoms with Crippen LogP contribution in [0.2, 0.25) is 0 Å². The fraction of sp³-hybridized carbons (Fsp3) is 0.250. The fourth-order valence-corrected chi connectivity index (χ4v) is 1.94. The van der Waals surface area contributed by atoms with Crippen molar-refractivity contribution in [2.45, 2.75) is 6.42 Å². The molecule has 0 spiro atoms. The molecule has 0 atom stereocenters. The van der Waals surface area contributed by atoms with Crippen LogP contribution in [0.15, 0.2) is 58.8 Å². The second-order valence-corrected chi connectivity index (χ2v) is 4.84. The normalized spacial score (nSPS) is 10.8. The Labute approximate surface area is 133 Å². The molecule has 0 aliphatic rings. The van der Waals surface area contributed by atoms with Crippen molar-refractivity contribution < 1.29 is 10.0 Å². The molecule has 0 aromatic heterocycles. The molecule has 0 bridgehead atoms. The summed E-state index contributed by atoms with van der Waals surface area (Å²) in [5.74, 6) is 0. The first-order chi connectivity index (χ1) is 11.2. The topological polar surface area (TPSA) is 100 Å². The predicted octanol–water partition coefficient (Wildman–Crippen LogP) is 3.33. The van der Waals surface area contributed by atoms with Crippen LogP contribution in [-0.2, 0) is 6.42 Å². The van der Waals surface area contributed by atoms with Crippen molar-refractivity contribution in [3.8, 4) is 0 Å². The number of aliphatic hydroxyl groups excluding tert-OH is 1. The average Bonchev–Trinajstić information content (AvgIpc) is 2.58. The third kappa shape index (κ3) is 5.48. The number of hydrogen-bond donors (Lipinski definition) is 2. The molecular weight excluding hydrogens is 296 g/mol. The minimum absolute atomic E-state index is 0.0406. The quantitative estimate of drug-likeness (QED) is 0.443. The van der Waals surface area contributed by atoms with E-state index in [1.54, 1.807) is 12.1 Å². The first-order valence-corrected chi connectivity index (χ1v) is 7.24. The number of anilines is 1. The number of nitro groups is 1. The van der Waals surface area contributed by atoms with Crippen LogP contribution in [0.3, 0.4) is 0 Å². The van der Waals surface area contributed by atoms with E-state index in [0.717, 1.165) is 17.7 Å². The monoisotopic (exact) mass is 314 g/mol. The summed E-state index contributed by atoms with van der Waals surface area (Å²) in [6.07, 6.45) is 0.761. The van der Waals surface area contributed by atoms with E-state index >= 15 is 0 Å². The molecule has 0 saturated heterocycles. The number of aliphatic hydroxyl groups is 1. The Bertz CT molecular complexity index is 654. The summed E-state index contributed by atoms with van der Waals surface area (Å²) in [6.45, 7) is 1.17. The van der Waals surface area contributed by atoms with Gasteiger partial charge in [0.2, 0.25) is 0 Å². The molecule has 0 amide bonds. The summed E-state index contributed by atoms with van der Waals surface area (Å²) >= 11 is 0. The SMILES string of the molecule is O=[N+]([O-])c1ccc(N=NCCc2ccc(NCCO)cc2)cc1. The van der Waals surface area contributed by atoms with Gasteiger partial charge in [0.1, 0.15) is 0 Å². The van der Waals surface area contributed by atoms with Gasteiger partial charge < -0.3 is 10.4 Å². The van der Waals surface area contributed by atoms with Crippen molar-refractivity contribution in [3.63, 3.8) is 0 Å². The molecule has 0 unspecified atom stereocenters. The van der Waals surface area contributed by atoms with Crippen molar-refractivity contribution in [2.75, 3.05) is 25.0 Å². The number of nitrogens with zero attached hydrogens (tertiary/aromatic N) is 3. The Kier molecular flexibility index (Phi) is 6.19. The first kappa shape index (κ1) is 16.6. The van der Waals surface area contributed by atoms with Gasteiger partial charge in [-0.1, -0.05) is 12.1 Å². The summed E-state index contributed by atoms with van der Waals surface area (Å²) in [4.78, 5) is 10.1. The Morgan fingerprint density at radius 1 is 1.09 bits per heavy atom. The number of nitro benzene ring substituents is 1. The number of benzene rings is 2. The maximum atomic E-state index is 10.5. The van der Waals surface area contributed by atoms with Gasteiger partial charge in [0.25, 0.3) is 5.69 Å². The minimum atomic E-state index is -0.444. The highest BCUT2D eigenvalue weighted by atomic mass is 16.6. The lowest BCUT2D eigenvalue weighted by Crippen LogP contribution is -2.05.